The monoisotopic (exact) mass is 298 g/mol. The van der Waals surface area contributed by atoms with Crippen LogP contribution in [-0.2, 0) is 0 Å². The number of carbonyl (C=O) groups is 1. The highest BCUT2D eigenvalue weighted by Gasteiger charge is 2.12. The molecule has 2 rings (SSSR count). The average Bonchev–Trinajstić information content (AvgIpc) is 2.33. The predicted octanol–water partition coefficient (Wildman–Crippen LogP) is 4.09. The fourth-order valence-corrected chi connectivity index (χ4v) is 1.88. The van der Waals surface area contributed by atoms with Gasteiger partial charge in [0.15, 0.2) is 0 Å². The molecule has 98 valence electrons. The van der Waals surface area contributed by atoms with Gasteiger partial charge in [0, 0.05) is 17.6 Å². The summed E-state index contributed by atoms with van der Waals surface area (Å²) in [4.78, 5) is 15.9. The highest BCUT2D eigenvalue weighted by molar-refractivity contribution is 6.34. The van der Waals surface area contributed by atoms with Crippen molar-refractivity contribution in [1.29, 1.82) is 0 Å². The highest BCUT2D eigenvalue weighted by atomic mass is 35.5. The first-order chi connectivity index (χ1) is 8.97. The topological polar surface area (TPSA) is 42.0 Å². The Labute approximate surface area is 119 Å². The van der Waals surface area contributed by atoms with E-state index in [2.05, 4.69) is 10.3 Å². The maximum absolute atomic E-state index is 13.2. The van der Waals surface area contributed by atoms with Gasteiger partial charge in [0.25, 0.3) is 5.91 Å². The van der Waals surface area contributed by atoms with Crippen LogP contribution in [0.15, 0.2) is 30.5 Å². The summed E-state index contributed by atoms with van der Waals surface area (Å²) >= 11 is 11.5. The van der Waals surface area contributed by atoms with Gasteiger partial charge in [-0.3, -0.25) is 9.78 Å². The Morgan fingerprint density at radius 3 is 2.63 bits per heavy atom. The highest BCUT2D eigenvalue weighted by Crippen LogP contribution is 2.21. The summed E-state index contributed by atoms with van der Waals surface area (Å²) < 4.78 is 13.2. The average molecular weight is 299 g/mol. The summed E-state index contributed by atoms with van der Waals surface area (Å²) in [5.74, 6) is -1.06. The Kier molecular flexibility index (Phi) is 4.02. The fourth-order valence-electron chi connectivity index (χ4n) is 1.47. The van der Waals surface area contributed by atoms with Crippen molar-refractivity contribution in [3.63, 3.8) is 0 Å². The molecule has 0 unspecified atom stereocenters. The Morgan fingerprint density at radius 2 is 2.00 bits per heavy atom. The van der Waals surface area contributed by atoms with E-state index in [9.17, 15) is 9.18 Å². The summed E-state index contributed by atoms with van der Waals surface area (Å²) in [5, 5.41) is 2.81. The molecule has 2 aromatic rings. The second-order valence-electron chi connectivity index (χ2n) is 3.89. The van der Waals surface area contributed by atoms with E-state index in [4.69, 9.17) is 23.2 Å². The van der Waals surface area contributed by atoms with E-state index in [1.54, 1.807) is 13.0 Å². The maximum Gasteiger partial charge on any atom is 0.258 e. The fraction of sp³-hybridized carbons (Fsp3) is 0.0769. The number of carbonyl (C=O) groups excluding carboxylic acids is 1. The number of benzene rings is 1. The lowest BCUT2D eigenvalue weighted by Gasteiger charge is -2.07. The number of amides is 1. The molecular formula is C13H9Cl2FN2O. The third-order valence-corrected chi connectivity index (χ3v) is 3.03. The first-order valence-corrected chi connectivity index (χ1v) is 6.11. The SMILES string of the molecule is Cc1cc(Cl)c(C(=O)Nc2ccc(Cl)c(F)c2)cn1. The maximum atomic E-state index is 13.2. The van der Waals surface area contributed by atoms with E-state index < -0.39 is 11.7 Å². The molecule has 6 heteroatoms. The number of aromatic nitrogens is 1. The third kappa shape index (κ3) is 3.22. The van der Waals surface area contributed by atoms with Crippen LogP contribution in [0.2, 0.25) is 10.0 Å². The second-order valence-corrected chi connectivity index (χ2v) is 4.70. The lowest BCUT2D eigenvalue weighted by atomic mass is 10.2. The van der Waals surface area contributed by atoms with Crippen LogP contribution >= 0.6 is 23.2 Å². The molecule has 0 saturated heterocycles. The molecule has 1 amide bonds. The zero-order chi connectivity index (χ0) is 14.0. The molecule has 0 radical (unpaired) electrons. The number of halogens is 3. The van der Waals surface area contributed by atoms with E-state index >= 15 is 0 Å². The summed E-state index contributed by atoms with van der Waals surface area (Å²) in [6.45, 7) is 1.77. The van der Waals surface area contributed by atoms with Gasteiger partial charge in [-0.05, 0) is 31.2 Å². The number of hydrogen-bond donors (Lipinski definition) is 1. The molecule has 1 aromatic heterocycles. The van der Waals surface area contributed by atoms with Crippen molar-refractivity contribution >= 4 is 34.8 Å². The molecule has 0 aliphatic rings. The molecule has 0 aliphatic heterocycles. The van der Waals surface area contributed by atoms with E-state index in [0.29, 0.717) is 16.4 Å². The standard InChI is InChI=1S/C13H9Cl2FN2O/c1-7-4-11(15)9(6-17-7)13(19)18-8-2-3-10(14)12(16)5-8/h2-6H,1H3,(H,18,19). The predicted molar refractivity (Wildman–Crippen MR) is 73.3 cm³/mol. The lowest BCUT2D eigenvalue weighted by Crippen LogP contribution is -2.13. The van der Waals surface area contributed by atoms with Gasteiger partial charge in [0.2, 0.25) is 0 Å². The van der Waals surface area contributed by atoms with Gasteiger partial charge in [-0.25, -0.2) is 4.39 Å². The molecule has 19 heavy (non-hydrogen) atoms. The molecule has 0 fully saturated rings. The number of pyridine rings is 1. The smallest absolute Gasteiger partial charge is 0.258 e. The van der Waals surface area contributed by atoms with Crippen LogP contribution in [0.1, 0.15) is 16.1 Å². The first-order valence-electron chi connectivity index (χ1n) is 5.36. The molecule has 0 aliphatic carbocycles. The first kappa shape index (κ1) is 13.8. The van der Waals surface area contributed by atoms with Crippen molar-refractivity contribution in [2.45, 2.75) is 6.92 Å². The summed E-state index contributed by atoms with van der Waals surface area (Å²) in [7, 11) is 0. The summed E-state index contributed by atoms with van der Waals surface area (Å²) in [6, 6.07) is 5.58. The van der Waals surface area contributed by atoms with Crippen molar-refractivity contribution in [2.75, 3.05) is 5.32 Å². The van der Waals surface area contributed by atoms with Crippen molar-refractivity contribution in [3.05, 3.63) is 57.6 Å². The quantitative estimate of drug-likeness (QED) is 0.907. The minimum Gasteiger partial charge on any atom is -0.322 e. The van der Waals surface area contributed by atoms with Crippen molar-refractivity contribution in [3.8, 4) is 0 Å². The minimum absolute atomic E-state index is 0.00645. The summed E-state index contributed by atoms with van der Waals surface area (Å²) in [6.07, 6.45) is 1.37. The van der Waals surface area contributed by atoms with Crippen LogP contribution in [0.5, 0.6) is 0 Å². The van der Waals surface area contributed by atoms with E-state index in [-0.39, 0.29) is 10.6 Å². The van der Waals surface area contributed by atoms with Gasteiger partial charge < -0.3 is 5.32 Å². The molecule has 1 aromatic carbocycles. The number of hydrogen-bond acceptors (Lipinski definition) is 2. The molecular weight excluding hydrogens is 290 g/mol. The number of nitrogens with zero attached hydrogens (tertiary/aromatic N) is 1. The Bertz CT molecular complexity index is 647. The molecule has 1 heterocycles. The Morgan fingerprint density at radius 1 is 1.26 bits per heavy atom. The second kappa shape index (κ2) is 5.55. The van der Waals surface area contributed by atoms with Gasteiger partial charge in [-0.2, -0.15) is 0 Å². The number of anilines is 1. The van der Waals surface area contributed by atoms with Crippen LogP contribution in [0.3, 0.4) is 0 Å². The van der Waals surface area contributed by atoms with E-state index in [1.165, 1.54) is 18.3 Å². The number of aryl methyl sites for hydroxylation is 1. The number of rotatable bonds is 2. The van der Waals surface area contributed by atoms with Crippen LogP contribution in [0.4, 0.5) is 10.1 Å². The van der Waals surface area contributed by atoms with Gasteiger partial charge >= 0.3 is 0 Å². The Balaban J connectivity index is 2.23. The van der Waals surface area contributed by atoms with Gasteiger partial charge in [0.1, 0.15) is 5.82 Å². The molecule has 0 bridgehead atoms. The molecule has 0 atom stereocenters. The minimum atomic E-state index is -0.604. The van der Waals surface area contributed by atoms with Crippen molar-refractivity contribution < 1.29 is 9.18 Å². The van der Waals surface area contributed by atoms with E-state index in [0.717, 1.165) is 6.07 Å². The van der Waals surface area contributed by atoms with Crippen molar-refractivity contribution in [2.24, 2.45) is 0 Å². The molecule has 1 N–H and O–H groups in total. The normalized spacial score (nSPS) is 10.3. The van der Waals surface area contributed by atoms with Crippen LogP contribution < -0.4 is 5.32 Å². The van der Waals surface area contributed by atoms with Crippen LogP contribution in [0, 0.1) is 12.7 Å². The Hall–Kier alpha value is -1.65. The van der Waals surface area contributed by atoms with Gasteiger partial charge in [0.05, 0.1) is 15.6 Å². The van der Waals surface area contributed by atoms with Crippen LogP contribution in [-0.4, -0.2) is 10.9 Å². The van der Waals surface area contributed by atoms with Gasteiger partial charge in [-0.1, -0.05) is 23.2 Å². The summed E-state index contributed by atoms with van der Waals surface area (Å²) in [5.41, 5.74) is 1.23. The number of nitrogens with one attached hydrogen (secondary N) is 1. The van der Waals surface area contributed by atoms with E-state index in [1.807, 2.05) is 0 Å². The molecule has 3 nitrogen and oxygen atoms in total. The third-order valence-electron chi connectivity index (χ3n) is 2.41. The van der Waals surface area contributed by atoms with Crippen molar-refractivity contribution in [1.82, 2.24) is 4.98 Å². The zero-order valence-corrected chi connectivity index (χ0v) is 11.4. The lowest BCUT2D eigenvalue weighted by molar-refractivity contribution is 0.102. The van der Waals surface area contributed by atoms with Gasteiger partial charge in [-0.15, -0.1) is 0 Å². The largest absolute Gasteiger partial charge is 0.322 e. The molecule has 0 spiro atoms. The van der Waals surface area contributed by atoms with Crippen LogP contribution in [0.25, 0.3) is 0 Å². The zero-order valence-electron chi connectivity index (χ0n) is 9.88. The molecule has 0 saturated carbocycles.